The van der Waals surface area contributed by atoms with Crippen molar-refractivity contribution in [3.05, 3.63) is 108 Å². The van der Waals surface area contributed by atoms with Crippen molar-refractivity contribution in [2.24, 2.45) is 0 Å². The highest BCUT2D eigenvalue weighted by Crippen LogP contribution is 2.40. The first kappa shape index (κ1) is 24.5. The Balaban J connectivity index is 1.46. The van der Waals surface area contributed by atoms with Gasteiger partial charge in [-0.2, -0.15) is 0 Å². The van der Waals surface area contributed by atoms with Crippen LogP contribution in [0.5, 0.6) is 5.75 Å². The molecule has 5 rings (SSSR count). The lowest BCUT2D eigenvalue weighted by Crippen LogP contribution is -2.33. The third-order valence-corrected chi connectivity index (χ3v) is 6.86. The number of hydrogen-bond donors (Lipinski definition) is 2. The lowest BCUT2D eigenvalue weighted by Gasteiger charge is -2.29. The lowest BCUT2D eigenvalue weighted by molar-refractivity contribution is -0.116. The summed E-state index contributed by atoms with van der Waals surface area (Å²) in [6.07, 6.45) is 4.09. The molecule has 4 aromatic rings. The second-order valence-electron chi connectivity index (χ2n) is 8.96. The summed E-state index contributed by atoms with van der Waals surface area (Å²) >= 11 is 5.80. The fourth-order valence-electron chi connectivity index (χ4n) is 4.82. The Morgan fingerprint density at radius 3 is 2.70 bits per heavy atom. The number of amides is 1. The molecule has 2 aromatic carbocycles. The summed E-state index contributed by atoms with van der Waals surface area (Å²) in [5.74, 6) is 0.709. The van der Waals surface area contributed by atoms with Gasteiger partial charge in [0.25, 0.3) is 0 Å². The number of nitrogens with one attached hydrogen (secondary N) is 2. The van der Waals surface area contributed by atoms with E-state index in [1.165, 1.54) is 0 Å². The van der Waals surface area contributed by atoms with Crippen LogP contribution in [0.25, 0.3) is 5.69 Å². The van der Waals surface area contributed by atoms with Crippen LogP contribution in [-0.4, -0.2) is 39.1 Å². The molecule has 3 heterocycles. The van der Waals surface area contributed by atoms with E-state index in [1.807, 2.05) is 85.9 Å². The maximum Gasteiger partial charge on any atom is 0.226 e. The van der Waals surface area contributed by atoms with Crippen molar-refractivity contribution in [1.82, 2.24) is 19.8 Å². The molecule has 37 heavy (non-hydrogen) atoms. The Labute approximate surface area is 222 Å². The number of pyridine rings is 1. The van der Waals surface area contributed by atoms with Crippen molar-refractivity contribution in [3.8, 4) is 11.4 Å². The van der Waals surface area contributed by atoms with Gasteiger partial charge in [-0.15, -0.1) is 0 Å². The summed E-state index contributed by atoms with van der Waals surface area (Å²) in [5.41, 5.74) is 4.72. The van der Waals surface area contributed by atoms with Gasteiger partial charge in [0.15, 0.2) is 5.11 Å². The van der Waals surface area contributed by atoms with Crippen molar-refractivity contribution in [2.75, 3.05) is 19.0 Å². The van der Waals surface area contributed by atoms with Crippen molar-refractivity contribution in [3.63, 3.8) is 0 Å². The number of hydrogen-bond acceptors (Lipinski definition) is 4. The van der Waals surface area contributed by atoms with Crippen LogP contribution in [0.4, 0.5) is 5.69 Å². The summed E-state index contributed by atoms with van der Waals surface area (Å²) in [6, 6.07) is 25.3. The van der Waals surface area contributed by atoms with E-state index < -0.39 is 0 Å². The molecule has 1 aliphatic rings. The number of nitrogens with zero attached hydrogens (tertiary/aromatic N) is 3. The first-order valence-electron chi connectivity index (χ1n) is 12.2. The Kier molecular flexibility index (Phi) is 7.18. The van der Waals surface area contributed by atoms with E-state index in [0.29, 0.717) is 11.7 Å². The third-order valence-electron chi connectivity index (χ3n) is 6.51. The summed E-state index contributed by atoms with van der Waals surface area (Å²) in [7, 11) is 1.67. The molecule has 188 valence electrons. The molecule has 8 heteroatoms. The normalized spacial score (nSPS) is 16.9. The van der Waals surface area contributed by atoms with Gasteiger partial charge in [-0.1, -0.05) is 30.3 Å². The van der Waals surface area contributed by atoms with Crippen LogP contribution in [-0.2, 0) is 4.79 Å². The predicted octanol–water partition coefficient (Wildman–Crippen LogP) is 5.19. The standard InChI is InChI=1S/C29H29N5O2S/c1-20-9-7-10-21(19-20)31-26(35)15-18-34-28(27(32-29(34)37)22-11-5-6-16-30-22)24-13-8-17-33(24)23-12-3-4-14-25(23)36-2/h3-14,16-17,19,27-28H,15,18H2,1-2H3,(H,31,35)(H,32,37)/t27-,28+/m0/s1. The second-order valence-corrected chi connectivity index (χ2v) is 9.35. The molecule has 7 nitrogen and oxygen atoms in total. The molecule has 0 aliphatic carbocycles. The van der Waals surface area contributed by atoms with Crippen molar-refractivity contribution < 1.29 is 9.53 Å². The van der Waals surface area contributed by atoms with Gasteiger partial charge in [0.1, 0.15) is 5.75 Å². The van der Waals surface area contributed by atoms with Crippen LogP contribution in [0, 0.1) is 6.92 Å². The molecule has 2 aromatic heterocycles. The number of rotatable bonds is 8. The zero-order valence-corrected chi connectivity index (χ0v) is 21.6. The van der Waals surface area contributed by atoms with Gasteiger partial charge in [0, 0.05) is 36.7 Å². The van der Waals surface area contributed by atoms with Gasteiger partial charge in [-0.25, -0.2) is 0 Å². The molecule has 0 unspecified atom stereocenters. The number of methoxy groups -OCH3 is 1. The van der Waals surface area contributed by atoms with E-state index in [9.17, 15) is 4.79 Å². The van der Waals surface area contributed by atoms with Crippen LogP contribution in [0.1, 0.15) is 35.5 Å². The number of thiocarbonyl (C=S) groups is 1. The molecule has 1 amide bonds. The highest BCUT2D eigenvalue weighted by molar-refractivity contribution is 7.80. The third kappa shape index (κ3) is 5.20. The van der Waals surface area contributed by atoms with Gasteiger partial charge >= 0.3 is 0 Å². The average Bonchev–Trinajstić information content (AvgIpc) is 3.52. The molecule has 0 bridgehead atoms. The van der Waals surface area contributed by atoms with Crippen LogP contribution in [0.3, 0.4) is 0 Å². The van der Waals surface area contributed by atoms with Gasteiger partial charge in [-0.3, -0.25) is 9.78 Å². The van der Waals surface area contributed by atoms with Gasteiger partial charge in [0.2, 0.25) is 5.91 Å². The highest BCUT2D eigenvalue weighted by Gasteiger charge is 2.41. The molecule has 2 atom stereocenters. The first-order valence-corrected chi connectivity index (χ1v) is 12.6. The van der Waals surface area contributed by atoms with Gasteiger partial charge in [-0.05, 0) is 73.2 Å². The summed E-state index contributed by atoms with van der Waals surface area (Å²) in [6.45, 7) is 2.46. The molecule has 1 aliphatic heterocycles. The van der Waals surface area contributed by atoms with E-state index in [2.05, 4.69) is 31.2 Å². The van der Waals surface area contributed by atoms with E-state index in [0.717, 1.165) is 34.1 Å². The quantitative estimate of drug-likeness (QED) is 0.317. The van der Waals surface area contributed by atoms with Crippen molar-refractivity contribution >= 4 is 28.9 Å². The molecule has 0 spiro atoms. The van der Waals surface area contributed by atoms with Crippen molar-refractivity contribution in [1.29, 1.82) is 0 Å². The number of anilines is 1. The van der Waals surface area contributed by atoms with Crippen molar-refractivity contribution in [2.45, 2.75) is 25.4 Å². The molecule has 1 fully saturated rings. The second kappa shape index (κ2) is 10.8. The number of carbonyl (C=O) groups excluding carboxylic acids is 1. The smallest absolute Gasteiger partial charge is 0.226 e. The molecular formula is C29H29N5O2S. The van der Waals surface area contributed by atoms with Crippen LogP contribution in [0.15, 0.2) is 91.3 Å². The monoisotopic (exact) mass is 511 g/mol. The first-order chi connectivity index (χ1) is 18.0. The molecule has 2 N–H and O–H groups in total. The maximum absolute atomic E-state index is 12.9. The van der Waals surface area contributed by atoms with Gasteiger partial charge in [0.05, 0.1) is 30.6 Å². The van der Waals surface area contributed by atoms with Crippen LogP contribution < -0.4 is 15.4 Å². The SMILES string of the molecule is COc1ccccc1-n1cccc1[C@@H]1[C@H](c2ccccn2)NC(=S)N1CCC(=O)Nc1cccc(C)c1. The number of aromatic nitrogens is 2. The largest absolute Gasteiger partial charge is 0.495 e. The number of carbonyl (C=O) groups is 1. The summed E-state index contributed by atoms with van der Waals surface area (Å²) < 4.78 is 7.77. The fourth-order valence-corrected chi connectivity index (χ4v) is 5.15. The number of para-hydroxylation sites is 2. The summed E-state index contributed by atoms with van der Waals surface area (Å²) in [4.78, 5) is 19.6. The molecule has 0 saturated carbocycles. The minimum atomic E-state index is -0.186. The highest BCUT2D eigenvalue weighted by atomic mass is 32.1. The van der Waals surface area contributed by atoms with E-state index in [-0.39, 0.29) is 24.4 Å². The number of aryl methyl sites for hydroxylation is 1. The van der Waals surface area contributed by atoms with Crippen LogP contribution >= 0.6 is 12.2 Å². The number of ether oxygens (including phenoxy) is 1. The van der Waals surface area contributed by atoms with E-state index >= 15 is 0 Å². The van der Waals surface area contributed by atoms with E-state index in [4.69, 9.17) is 17.0 Å². The predicted molar refractivity (Wildman–Crippen MR) is 149 cm³/mol. The minimum Gasteiger partial charge on any atom is -0.495 e. The number of benzene rings is 2. The minimum absolute atomic E-state index is 0.0615. The lowest BCUT2D eigenvalue weighted by atomic mass is 10.0. The van der Waals surface area contributed by atoms with Gasteiger partial charge < -0.3 is 24.8 Å². The molecule has 0 radical (unpaired) electrons. The van der Waals surface area contributed by atoms with E-state index in [1.54, 1.807) is 13.3 Å². The Hall–Kier alpha value is -4.17. The van der Waals surface area contributed by atoms with Crippen LogP contribution in [0.2, 0.25) is 0 Å². The molecular weight excluding hydrogens is 482 g/mol. The Morgan fingerprint density at radius 1 is 1.08 bits per heavy atom. The topological polar surface area (TPSA) is 71.4 Å². The summed E-state index contributed by atoms with van der Waals surface area (Å²) in [5, 5.41) is 7.06. The Bertz CT molecular complexity index is 1400. The zero-order valence-electron chi connectivity index (χ0n) is 20.8. The maximum atomic E-state index is 12.9. The fraction of sp³-hybridized carbons (Fsp3) is 0.207. The zero-order chi connectivity index (χ0) is 25.8. The Morgan fingerprint density at radius 2 is 1.92 bits per heavy atom. The molecule has 1 saturated heterocycles. The average molecular weight is 512 g/mol.